The Labute approximate surface area is 323 Å². The lowest BCUT2D eigenvalue weighted by molar-refractivity contribution is 1.25. The van der Waals surface area contributed by atoms with E-state index in [0.717, 1.165) is 22.7 Å². The second-order valence-electron chi connectivity index (χ2n) is 14.1. The number of hydrogen-bond acceptors (Lipinski definition) is 2. The highest BCUT2D eigenvalue weighted by atomic mass is 28.3. The van der Waals surface area contributed by atoms with Crippen LogP contribution in [-0.2, 0) is 0 Å². The molecule has 1 aliphatic heterocycles. The Kier molecular flexibility index (Phi) is 8.20. The fraction of sp³-hybridized carbons (Fsp3) is 0. The van der Waals surface area contributed by atoms with Gasteiger partial charge in [-0.25, -0.2) is 0 Å². The first-order chi connectivity index (χ1) is 27.3. The molecular formula is C52H38N2Si. The summed E-state index contributed by atoms with van der Waals surface area (Å²) in [6.45, 7) is 0. The zero-order chi connectivity index (χ0) is 36.6. The SMILES string of the molecule is c1ccc(N(c2ccc(-c3cccc4ccccc34)cc2)c2ccc3c(c2)N(c2ccccc2)c2ccccc2[Si]3(c2ccccc2)c2ccccc2)cc1. The third-order valence-corrected chi connectivity index (χ3v) is 16.0. The van der Waals surface area contributed by atoms with Gasteiger partial charge >= 0.3 is 0 Å². The Balaban J connectivity index is 1.21. The summed E-state index contributed by atoms with van der Waals surface area (Å²) in [6, 6.07) is 84.6. The van der Waals surface area contributed by atoms with Gasteiger partial charge in [0.25, 0.3) is 0 Å². The van der Waals surface area contributed by atoms with Crippen molar-refractivity contribution in [3.63, 3.8) is 0 Å². The molecule has 0 fully saturated rings. The molecule has 10 rings (SSSR count). The quantitative estimate of drug-likeness (QED) is 0.151. The summed E-state index contributed by atoms with van der Waals surface area (Å²) in [5.41, 5.74) is 9.33. The first kappa shape index (κ1) is 32.7. The maximum Gasteiger partial charge on any atom is 0.184 e. The summed E-state index contributed by atoms with van der Waals surface area (Å²) < 4.78 is 0. The standard InChI is InChI=1S/C52H38N2Si/c1-5-20-41(21-6-1)53(43-34-32-40(33-35-43)48-29-17-19-39-18-13-14-28-47(39)48)44-36-37-52-50(38-44)54(42-22-7-2-8-23-42)49-30-15-16-31-51(49)55(52,45-24-9-3-10-25-45)46-26-11-4-12-27-46/h1-38H. The number of para-hydroxylation sites is 3. The zero-order valence-corrected chi connectivity index (χ0v) is 31.3. The van der Waals surface area contributed by atoms with Crippen molar-refractivity contribution in [2.45, 2.75) is 0 Å². The Morgan fingerprint density at radius 1 is 0.364 bits per heavy atom. The van der Waals surface area contributed by atoms with Gasteiger partial charge < -0.3 is 9.80 Å². The van der Waals surface area contributed by atoms with Gasteiger partial charge in [0.2, 0.25) is 0 Å². The smallest absolute Gasteiger partial charge is 0.184 e. The minimum Gasteiger partial charge on any atom is -0.311 e. The van der Waals surface area contributed by atoms with E-state index in [-0.39, 0.29) is 0 Å². The number of anilines is 6. The van der Waals surface area contributed by atoms with Crippen molar-refractivity contribution in [2.75, 3.05) is 9.80 Å². The average Bonchev–Trinajstić information content (AvgIpc) is 3.27. The summed E-state index contributed by atoms with van der Waals surface area (Å²) >= 11 is 0. The minimum atomic E-state index is -2.79. The van der Waals surface area contributed by atoms with Crippen molar-refractivity contribution in [1.82, 2.24) is 0 Å². The van der Waals surface area contributed by atoms with Gasteiger partial charge in [-0.3, -0.25) is 0 Å². The van der Waals surface area contributed by atoms with Crippen LogP contribution in [0.3, 0.4) is 0 Å². The maximum atomic E-state index is 2.48. The van der Waals surface area contributed by atoms with Gasteiger partial charge in [-0.05, 0) is 97.2 Å². The van der Waals surface area contributed by atoms with Crippen molar-refractivity contribution in [1.29, 1.82) is 0 Å². The highest BCUT2D eigenvalue weighted by Gasteiger charge is 2.49. The highest BCUT2D eigenvalue weighted by molar-refractivity contribution is 7.21. The second kappa shape index (κ2) is 13.8. The van der Waals surface area contributed by atoms with Crippen molar-refractivity contribution in [3.8, 4) is 11.1 Å². The lowest BCUT2D eigenvalue weighted by atomic mass is 9.98. The van der Waals surface area contributed by atoms with E-state index in [1.165, 1.54) is 54.0 Å². The second-order valence-corrected chi connectivity index (χ2v) is 17.8. The molecule has 2 nitrogen and oxygen atoms in total. The molecule has 1 aliphatic rings. The highest BCUT2D eigenvalue weighted by Crippen LogP contribution is 2.43. The molecule has 0 saturated carbocycles. The predicted molar refractivity (Wildman–Crippen MR) is 236 cm³/mol. The number of hydrogen-bond donors (Lipinski definition) is 0. The average molecular weight is 719 g/mol. The van der Waals surface area contributed by atoms with E-state index in [2.05, 4.69) is 240 Å². The summed E-state index contributed by atoms with van der Waals surface area (Å²) in [5.74, 6) is 0. The van der Waals surface area contributed by atoms with Crippen LogP contribution < -0.4 is 30.5 Å². The molecule has 0 saturated heterocycles. The molecule has 1 heterocycles. The minimum absolute atomic E-state index is 1.10. The molecule has 0 amide bonds. The van der Waals surface area contributed by atoms with E-state index in [9.17, 15) is 0 Å². The number of fused-ring (bicyclic) bond motifs is 3. The van der Waals surface area contributed by atoms with Crippen LogP contribution >= 0.6 is 0 Å². The third kappa shape index (κ3) is 5.48. The van der Waals surface area contributed by atoms with Gasteiger partial charge in [0, 0.05) is 34.1 Å². The van der Waals surface area contributed by atoms with Gasteiger partial charge in [0.05, 0.1) is 0 Å². The fourth-order valence-electron chi connectivity index (χ4n) is 8.73. The molecule has 0 N–H and O–H groups in total. The predicted octanol–water partition coefficient (Wildman–Crippen LogP) is 11.1. The fourth-order valence-corrected chi connectivity index (χ4v) is 13.8. The topological polar surface area (TPSA) is 6.48 Å². The summed E-state index contributed by atoms with van der Waals surface area (Å²) in [7, 11) is -2.79. The largest absolute Gasteiger partial charge is 0.311 e. The summed E-state index contributed by atoms with van der Waals surface area (Å²) in [6.07, 6.45) is 0. The van der Waals surface area contributed by atoms with E-state index in [0.29, 0.717) is 0 Å². The molecule has 0 aromatic heterocycles. The maximum absolute atomic E-state index is 2.79. The van der Waals surface area contributed by atoms with Crippen LogP contribution in [-0.4, -0.2) is 8.07 Å². The van der Waals surface area contributed by atoms with E-state index in [1.54, 1.807) is 0 Å². The van der Waals surface area contributed by atoms with Gasteiger partial charge in [0.1, 0.15) is 0 Å². The molecule has 260 valence electrons. The van der Waals surface area contributed by atoms with Gasteiger partial charge in [-0.1, -0.05) is 176 Å². The molecule has 0 spiro atoms. The lowest BCUT2D eigenvalue weighted by Gasteiger charge is -2.45. The zero-order valence-electron chi connectivity index (χ0n) is 30.3. The van der Waals surface area contributed by atoms with Crippen molar-refractivity contribution >= 4 is 73.7 Å². The number of rotatable bonds is 7. The van der Waals surface area contributed by atoms with Crippen LogP contribution in [0.15, 0.2) is 231 Å². The molecule has 3 heteroatoms. The number of nitrogens with zero attached hydrogens (tertiary/aromatic N) is 2. The van der Waals surface area contributed by atoms with Crippen LogP contribution in [0.25, 0.3) is 21.9 Å². The van der Waals surface area contributed by atoms with E-state index >= 15 is 0 Å². The summed E-state index contributed by atoms with van der Waals surface area (Å²) in [4.78, 5) is 4.88. The Morgan fingerprint density at radius 3 is 1.60 bits per heavy atom. The first-order valence-corrected chi connectivity index (χ1v) is 20.9. The Hall–Kier alpha value is -6.94. The van der Waals surface area contributed by atoms with Crippen LogP contribution in [0.2, 0.25) is 0 Å². The molecule has 0 radical (unpaired) electrons. The molecule has 0 aliphatic carbocycles. The van der Waals surface area contributed by atoms with E-state index in [1.807, 2.05) is 0 Å². The lowest BCUT2D eigenvalue weighted by Crippen LogP contribution is -2.77. The van der Waals surface area contributed by atoms with Crippen molar-refractivity contribution < 1.29 is 0 Å². The van der Waals surface area contributed by atoms with Gasteiger partial charge in [-0.15, -0.1) is 0 Å². The summed E-state index contributed by atoms with van der Waals surface area (Å²) in [5, 5.41) is 8.02. The monoisotopic (exact) mass is 718 g/mol. The molecule has 0 unspecified atom stereocenters. The first-order valence-electron chi connectivity index (χ1n) is 18.9. The number of benzene rings is 9. The molecule has 9 aromatic carbocycles. The molecule has 55 heavy (non-hydrogen) atoms. The van der Waals surface area contributed by atoms with Crippen LogP contribution in [0, 0.1) is 0 Å². The Morgan fingerprint density at radius 2 is 0.891 bits per heavy atom. The van der Waals surface area contributed by atoms with Crippen molar-refractivity contribution in [3.05, 3.63) is 231 Å². The molecule has 0 atom stereocenters. The molecule has 9 aromatic rings. The Bertz CT molecular complexity index is 2700. The van der Waals surface area contributed by atoms with Gasteiger partial charge in [0.15, 0.2) is 8.07 Å². The normalized spacial score (nSPS) is 12.8. The molecular weight excluding hydrogens is 681 g/mol. The van der Waals surface area contributed by atoms with E-state index in [4.69, 9.17) is 0 Å². The third-order valence-electron chi connectivity index (χ3n) is 11.1. The van der Waals surface area contributed by atoms with Crippen LogP contribution in [0.5, 0.6) is 0 Å². The van der Waals surface area contributed by atoms with Gasteiger partial charge in [-0.2, -0.15) is 0 Å². The van der Waals surface area contributed by atoms with Crippen LogP contribution in [0.4, 0.5) is 34.1 Å². The van der Waals surface area contributed by atoms with Crippen molar-refractivity contribution in [2.24, 2.45) is 0 Å². The molecule has 0 bridgehead atoms. The van der Waals surface area contributed by atoms with E-state index < -0.39 is 8.07 Å². The van der Waals surface area contributed by atoms with Crippen LogP contribution in [0.1, 0.15) is 0 Å².